The van der Waals surface area contributed by atoms with Crippen LogP contribution >= 0.6 is 0 Å². The van der Waals surface area contributed by atoms with Crippen LogP contribution in [-0.4, -0.2) is 48.3 Å². The molecule has 4 nitrogen and oxygen atoms in total. The second kappa shape index (κ2) is 5.74. The second-order valence-electron chi connectivity index (χ2n) is 5.46. The Kier molecular flexibility index (Phi) is 4.75. The van der Waals surface area contributed by atoms with Gasteiger partial charge >= 0.3 is 6.09 Å². The van der Waals surface area contributed by atoms with Gasteiger partial charge in [0.2, 0.25) is 0 Å². The van der Waals surface area contributed by atoms with E-state index in [2.05, 4.69) is 5.92 Å². The number of hydrogen-bond donors (Lipinski definition) is 0. The first-order valence-corrected chi connectivity index (χ1v) is 6.06. The number of ether oxygens (including phenoxy) is 2. The van der Waals surface area contributed by atoms with E-state index in [0.29, 0.717) is 0 Å². The second-order valence-corrected chi connectivity index (χ2v) is 5.46. The summed E-state index contributed by atoms with van der Waals surface area (Å²) in [5.74, 6) is -0.962. The average Bonchev–Trinajstić information content (AvgIpc) is 2.24. The molecule has 1 aliphatic heterocycles. The number of carbonyl (C=O) groups is 1. The van der Waals surface area contributed by atoms with E-state index in [1.165, 1.54) is 0 Å². The Hall–Kier alpha value is -1.35. The van der Waals surface area contributed by atoms with Gasteiger partial charge in [-0.15, -0.1) is 6.42 Å². The number of hydrogen-bond acceptors (Lipinski definition) is 3. The van der Waals surface area contributed by atoms with Crippen LogP contribution in [0.2, 0.25) is 0 Å². The van der Waals surface area contributed by atoms with Crippen molar-refractivity contribution >= 4 is 6.09 Å². The smallest absolute Gasteiger partial charge is 0.410 e. The Bertz CT molecular complexity index is 371. The summed E-state index contributed by atoms with van der Waals surface area (Å²) in [5, 5.41) is 0. The predicted octanol–water partition coefficient (Wildman–Crippen LogP) is 2.28. The normalized spacial score (nSPS) is 22.7. The molecule has 0 N–H and O–H groups in total. The van der Waals surface area contributed by atoms with E-state index >= 15 is 0 Å². The maximum atomic E-state index is 13.8. The highest BCUT2D eigenvalue weighted by Gasteiger charge is 2.47. The van der Waals surface area contributed by atoms with Crippen LogP contribution in [0.3, 0.4) is 0 Å². The van der Waals surface area contributed by atoms with E-state index < -0.39 is 30.3 Å². The number of likely N-dealkylation sites (tertiary alicyclic amines) is 1. The molecule has 1 rings (SSSR count). The topological polar surface area (TPSA) is 38.8 Å². The number of carbonyl (C=O) groups excluding carboxylic acids is 1. The van der Waals surface area contributed by atoms with Crippen molar-refractivity contribution in [2.75, 3.05) is 19.7 Å². The lowest BCUT2D eigenvalue weighted by Gasteiger charge is -2.38. The van der Waals surface area contributed by atoms with Gasteiger partial charge < -0.3 is 14.4 Å². The van der Waals surface area contributed by atoms with Crippen molar-refractivity contribution in [3.05, 3.63) is 0 Å². The third-order valence-corrected chi connectivity index (χ3v) is 2.55. The molecule has 1 aliphatic rings. The highest BCUT2D eigenvalue weighted by Crippen LogP contribution is 2.30. The lowest BCUT2D eigenvalue weighted by molar-refractivity contribution is -0.165. The van der Waals surface area contributed by atoms with Gasteiger partial charge in [0.1, 0.15) is 18.3 Å². The van der Waals surface area contributed by atoms with Crippen molar-refractivity contribution in [1.82, 2.24) is 4.90 Å². The Morgan fingerprint density at radius 1 is 1.53 bits per heavy atom. The molecule has 0 aromatic heterocycles. The van der Waals surface area contributed by atoms with Crippen LogP contribution in [0.4, 0.5) is 13.6 Å². The summed E-state index contributed by atoms with van der Waals surface area (Å²) in [6, 6.07) is 0. The Morgan fingerprint density at radius 3 is 2.63 bits per heavy atom. The largest absolute Gasteiger partial charge is 0.444 e. The highest BCUT2D eigenvalue weighted by molar-refractivity contribution is 5.68. The first-order valence-electron chi connectivity index (χ1n) is 6.06. The van der Waals surface area contributed by atoms with Gasteiger partial charge in [0.25, 0.3) is 5.92 Å². The molecule has 1 amide bonds. The van der Waals surface area contributed by atoms with E-state index in [9.17, 15) is 13.6 Å². The van der Waals surface area contributed by atoms with Gasteiger partial charge in [0, 0.05) is 6.54 Å². The van der Waals surface area contributed by atoms with E-state index in [1.807, 2.05) is 0 Å². The summed E-state index contributed by atoms with van der Waals surface area (Å²) >= 11 is 0. The summed E-state index contributed by atoms with van der Waals surface area (Å²) in [6.45, 7) is 4.35. The van der Waals surface area contributed by atoms with Gasteiger partial charge in [-0.25, -0.2) is 13.6 Å². The first kappa shape index (κ1) is 15.7. The molecule has 0 aromatic carbocycles. The fraction of sp³-hybridized carbons (Fsp3) is 0.769. The monoisotopic (exact) mass is 275 g/mol. The lowest BCUT2D eigenvalue weighted by atomic mass is 10.0. The summed E-state index contributed by atoms with van der Waals surface area (Å²) in [6.07, 6.45) is 3.03. The Labute approximate surface area is 112 Å². The fourth-order valence-corrected chi connectivity index (χ4v) is 1.76. The van der Waals surface area contributed by atoms with E-state index in [1.54, 1.807) is 20.8 Å². The first-order chi connectivity index (χ1) is 8.65. The zero-order valence-corrected chi connectivity index (χ0v) is 11.4. The third-order valence-electron chi connectivity index (χ3n) is 2.55. The minimum absolute atomic E-state index is 0.0356. The molecule has 0 radical (unpaired) electrons. The zero-order chi connectivity index (χ0) is 14.7. The summed E-state index contributed by atoms with van der Waals surface area (Å²) in [5.41, 5.74) is -0.705. The van der Waals surface area contributed by atoms with Crippen LogP contribution in [-0.2, 0) is 9.47 Å². The molecule has 1 atom stereocenters. The molecule has 6 heteroatoms. The number of nitrogens with zero attached hydrogens (tertiary/aromatic N) is 1. The van der Waals surface area contributed by atoms with Crippen LogP contribution in [0.5, 0.6) is 0 Å². The van der Waals surface area contributed by atoms with Crippen molar-refractivity contribution in [3.63, 3.8) is 0 Å². The molecule has 0 aliphatic carbocycles. The number of amides is 1. The van der Waals surface area contributed by atoms with Gasteiger partial charge in [-0.05, 0) is 27.2 Å². The van der Waals surface area contributed by atoms with E-state index in [4.69, 9.17) is 15.9 Å². The number of piperidine rings is 1. The molecule has 0 aromatic rings. The Balaban J connectivity index is 2.60. The third kappa shape index (κ3) is 4.67. The van der Waals surface area contributed by atoms with Crippen molar-refractivity contribution in [1.29, 1.82) is 0 Å². The van der Waals surface area contributed by atoms with Crippen LogP contribution in [0.1, 0.15) is 27.2 Å². The molecule has 1 fully saturated rings. The van der Waals surface area contributed by atoms with Gasteiger partial charge in [0.15, 0.2) is 0 Å². The predicted molar refractivity (Wildman–Crippen MR) is 65.9 cm³/mol. The zero-order valence-electron chi connectivity index (χ0n) is 11.4. The van der Waals surface area contributed by atoms with Crippen molar-refractivity contribution in [2.24, 2.45) is 0 Å². The highest BCUT2D eigenvalue weighted by atomic mass is 19.3. The molecule has 108 valence electrons. The quantitative estimate of drug-likeness (QED) is 0.726. The number of rotatable bonds is 2. The molecule has 0 saturated carbocycles. The van der Waals surface area contributed by atoms with E-state index in [-0.39, 0.29) is 19.6 Å². The van der Waals surface area contributed by atoms with E-state index in [0.717, 1.165) is 4.90 Å². The average molecular weight is 275 g/mol. The molecule has 1 heterocycles. The Morgan fingerprint density at radius 2 is 2.16 bits per heavy atom. The van der Waals surface area contributed by atoms with Gasteiger partial charge in [-0.3, -0.25) is 0 Å². The van der Waals surface area contributed by atoms with Crippen molar-refractivity contribution < 1.29 is 23.0 Å². The summed E-state index contributed by atoms with van der Waals surface area (Å²) < 4.78 is 37.6. The van der Waals surface area contributed by atoms with Gasteiger partial charge in [-0.1, -0.05) is 5.92 Å². The molecule has 0 bridgehead atoms. The molecular formula is C13H19F2NO3. The SMILES string of the molecule is C#CCO[C@@H]1CCN(C(=O)OC(C)(C)C)CC1(F)F. The number of alkyl halides is 2. The summed E-state index contributed by atoms with van der Waals surface area (Å²) in [4.78, 5) is 12.7. The maximum Gasteiger partial charge on any atom is 0.410 e. The van der Waals surface area contributed by atoms with Crippen molar-refractivity contribution in [3.8, 4) is 12.3 Å². The molecule has 0 unspecified atom stereocenters. The fourth-order valence-electron chi connectivity index (χ4n) is 1.76. The van der Waals surface area contributed by atoms with Gasteiger partial charge in [-0.2, -0.15) is 0 Å². The minimum Gasteiger partial charge on any atom is -0.444 e. The van der Waals surface area contributed by atoms with Crippen LogP contribution in [0.25, 0.3) is 0 Å². The molecule has 19 heavy (non-hydrogen) atoms. The van der Waals surface area contributed by atoms with Crippen LogP contribution in [0.15, 0.2) is 0 Å². The summed E-state index contributed by atoms with van der Waals surface area (Å²) in [7, 11) is 0. The van der Waals surface area contributed by atoms with Crippen molar-refractivity contribution in [2.45, 2.75) is 44.8 Å². The van der Waals surface area contributed by atoms with Crippen LogP contribution < -0.4 is 0 Å². The molecule has 1 saturated heterocycles. The molecular weight excluding hydrogens is 256 g/mol. The molecule has 0 spiro atoms. The maximum absolute atomic E-state index is 13.8. The lowest BCUT2D eigenvalue weighted by Crippen LogP contribution is -2.55. The number of halogens is 2. The number of terminal acetylenes is 1. The standard InChI is InChI=1S/C13H19F2NO3/c1-5-8-18-10-6-7-16(9-13(10,14)15)11(17)19-12(2,3)4/h1,10H,6-9H2,2-4H3/t10-/m1/s1. The minimum atomic E-state index is -3.12. The van der Waals surface area contributed by atoms with Gasteiger partial charge in [0.05, 0.1) is 6.54 Å². The van der Waals surface area contributed by atoms with Crippen LogP contribution in [0, 0.1) is 12.3 Å².